The number of carbonyl (C=O) groups excluding carboxylic acids is 3. The molecule has 37 heavy (non-hydrogen) atoms. The summed E-state index contributed by atoms with van der Waals surface area (Å²) in [5.74, 6) is -0.722. The predicted molar refractivity (Wildman–Crippen MR) is 133 cm³/mol. The van der Waals surface area contributed by atoms with Crippen LogP contribution in [0, 0.1) is 5.82 Å². The molecule has 2 unspecified atom stereocenters. The second-order valence-electron chi connectivity index (χ2n) is 8.74. The third-order valence-electron chi connectivity index (χ3n) is 6.44. The molecular weight excluding hydrogens is 475 g/mol. The fourth-order valence-electron chi connectivity index (χ4n) is 4.77. The molecule has 8 nitrogen and oxygen atoms in total. The number of hydrogen-bond donors (Lipinski definition) is 2. The molecule has 0 spiro atoms. The summed E-state index contributed by atoms with van der Waals surface area (Å²) >= 11 is 0. The van der Waals surface area contributed by atoms with Gasteiger partial charge in [-0.1, -0.05) is 48.5 Å². The minimum absolute atomic E-state index is 0.0228. The first-order valence-corrected chi connectivity index (χ1v) is 11.8. The second-order valence-corrected chi connectivity index (χ2v) is 8.74. The number of benzene rings is 2. The van der Waals surface area contributed by atoms with Gasteiger partial charge in [0.1, 0.15) is 17.6 Å². The molecule has 1 aromatic heterocycles. The van der Waals surface area contributed by atoms with Gasteiger partial charge in [0, 0.05) is 6.54 Å². The molecule has 5 rings (SSSR count). The van der Waals surface area contributed by atoms with Gasteiger partial charge in [0.2, 0.25) is 5.91 Å². The lowest BCUT2D eigenvalue weighted by Crippen LogP contribution is -2.47. The number of carbonyl (C=O) groups is 3. The SMILES string of the molecule is C=CCN1C(=O)NC(c2cccc(F)c2)C2=C1CN(C(C(=O)NCc1ccco1)c1ccccc1)C2=O. The van der Waals surface area contributed by atoms with Gasteiger partial charge in [0.25, 0.3) is 5.91 Å². The molecule has 2 aliphatic rings. The summed E-state index contributed by atoms with van der Waals surface area (Å²) in [6.45, 7) is 4.07. The van der Waals surface area contributed by atoms with Gasteiger partial charge in [-0.05, 0) is 35.4 Å². The van der Waals surface area contributed by atoms with Gasteiger partial charge in [-0.3, -0.25) is 14.5 Å². The third-order valence-corrected chi connectivity index (χ3v) is 6.44. The van der Waals surface area contributed by atoms with Crippen molar-refractivity contribution in [1.29, 1.82) is 0 Å². The molecule has 0 saturated carbocycles. The quantitative estimate of drug-likeness (QED) is 0.460. The second kappa shape index (κ2) is 10.1. The van der Waals surface area contributed by atoms with Gasteiger partial charge < -0.3 is 20.0 Å². The zero-order valence-corrected chi connectivity index (χ0v) is 19.9. The molecule has 2 atom stereocenters. The Kier molecular flexibility index (Phi) is 6.59. The first-order chi connectivity index (χ1) is 18.0. The number of amides is 4. The largest absolute Gasteiger partial charge is 0.467 e. The normalized spacial score (nSPS) is 17.9. The van der Waals surface area contributed by atoms with Gasteiger partial charge in [-0.15, -0.1) is 6.58 Å². The molecule has 3 aromatic rings. The standard InChI is InChI=1S/C28H25FN4O4/c1-2-13-32-22-17-33(27(35)23(22)24(31-28(32)36)19-10-6-11-20(29)15-19)25(18-8-4-3-5-9-18)26(34)30-16-21-12-7-14-37-21/h2-12,14-15,24-25H,1,13,16-17H2,(H,30,34)(H,31,36). The van der Waals surface area contributed by atoms with E-state index < -0.39 is 35.7 Å². The van der Waals surface area contributed by atoms with Crippen LogP contribution in [0.4, 0.5) is 9.18 Å². The van der Waals surface area contributed by atoms with Crippen molar-refractivity contribution in [1.82, 2.24) is 20.4 Å². The van der Waals surface area contributed by atoms with Crippen molar-refractivity contribution < 1.29 is 23.2 Å². The number of urea groups is 1. The summed E-state index contributed by atoms with van der Waals surface area (Å²) in [4.78, 5) is 43.4. The third kappa shape index (κ3) is 4.63. The van der Waals surface area contributed by atoms with E-state index in [1.165, 1.54) is 34.3 Å². The molecule has 0 radical (unpaired) electrons. The molecule has 9 heteroatoms. The van der Waals surface area contributed by atoms with Crippen LogP contribution in [0.15, 0.2) is 101 Å². The summed E-state index contributed by atoms with van der Waals surface area (Å²) in [5.41, 5.74) is 1.81. The number of halogens is 1. The Balaban J connectivity index is 1.53. The summed E-state index contributed by atoms with van der Waals surface area (Å²) in [5, 5.41) is 5.67. The molecule has 2 aromatic carbocycles. The van der Waals surface area contributed by atoms with Crippen LogP contribution in [0.2, 0.25) is 0 Å². The summed E-state index contributed by atoms with van der Waals surface area (Å²) in [6.07, 6.45) is 3.08. The Morgan fingerprint density at radius 1 is 1.16 bits per heavy atom. The van der Waals surface area contributed by atoms with Gasteiger partial charge in [-0.25, -0.2) is 9.18 Å². The highest BCUT2D eigenvalue weighted by Crippen LogP contribution is 2.39. The van der Waals surface area contributed by atoms with Crippen molar-refractivity contribution in [3.63, 3.8) is 0 Å². The van der Waals surface area contributed by atoms with E-state index in [1.807, 2.05) is 6.07 Å². The highest BCUT2D eigenvalue weighted by Gasteiger charge is 2.47. The van der Waals surface area contributed by atoms with Crippen molar-refractivity contribution in [3.8, 4) is 0 Å². The molecule has 188 valence electrons. The molecule has 4 amide bonds. The van der Waals surface area contributed by atoms with Crippen LogP contribution in [0.1, 0.15) is 29.0 Å². The molecule has 0 aliphatic carbocycles. The van der Waals surface area contributed by atoms with Crippen molar-refractivity contribution in [2.24, 2.45) is 0 Å². The number of furan rings is 1. The van der Waals surface area contributed by atoms with E-state index in [-0.39, 0.29) is 19.6 Å². The van der Waals surface area contributed by atoms with Gasteiger partial charge in [-0.2, -0.15) is 0 Å². The molecule has 0 saturated heterocycles. The highest BCUT2D eigenvalue weighted by atomic mass is 19.1. The molecule has 3 heterocycles. The van der Waals surface area contributed by atoms with Crippen LogP contribution < -0.4 is 10.6 Å². The summed E-state index contributed by atoms with van der Waals surface area (Å²) in [7, 11) is 0. The maximum absolute atomic E-state index is 14.1. The Labute approximate surface area is 213 Å². The Morgan fingerprint density at radius 3 is 2.68 bits per heavy atom. The Hall–Kier alpha value is -4.66. The van der Waals surface area contributed by atoms with E-state index in [1.54, 1.807) is 48.5 Å². The van der Waals surface area contributed by atoms with Crippen LogP contribution in [0.5, 0.6) is 0 Å². The summed E-state index contributed by atoms with van der Waals surface area (Å²) in [6, 6.07) is 15.9. The molecule has 0 fully saturated rings. The predicted octanol–water partition coefficient (Wildman–Crippen LogP) is 3.83. The van der Waals surface area contributed by atoms with E-state index in [0.29, 0.717) is 28.2 Å². The lowest BCUT2D eigenvalue weighted by molar-refractivity contribution is -0.136. The number of nitrogens with zero attached hydrogens (tertiary/aromatic N) is 2. The van der Waals surface area contributed by atoms with Crippen molar-refractivity contribution in [2.45, 2.75) is 18.6 Å². The average molecular weight is 501 g/mol. The van der Waals surface area contributed by atoms with Crippen LogP contribution in [0.3, 0.4) is 0 Å². The number of rotatable bonds is 8. The minimum atomic E-state index is -0.969. The average Bonchev–Trinajstić information content (AvgIpc) is 3.54. The maximum atomic E-state index is 14.1. The zero-order valence-electron chi connectivity index (χ0n) is 19.9. The van der Waals surface area contributed by atoms with Gasteiger partial charge in [0.15, 0.2) is 0 Å². The van der Waals surface area contributed by atoms with Crippen LogP contribution >= 0.6 is 0 Å². The number of nitrogens with one attached hydrogen (secondary N) is 2. The molecule has 0 bridgehead atoms. The fourth-order valence-corrected chi connectivity index (χ4v) is 4.77. The fraction of sp³-hybridized carbons (Fsp3) is 0.179. The van der Waals surface area contributed by atoms with Crippen LogP contribution in [0.25, 0.3) is 0 Å². The van der Waals surface area contributed by atoms with E-state index in [4.69, 9.17) is 4.42 Å². The highest BCUT2D eigenvalue weighted by molar-refractivity contribution is 6.03. The zero-order chi connectivity index (χ0) is 25.9. The monoisotopic (exact) mass is 500 g/mol. The molecule has 2 aliphatic heterocycles. The van der Waals surface area contributed by atoms with Crippen molar-refractivity contribution >= 4 is 17.8 Å². The first kappa shape index (κ1) is 24.1. The van der Waals surface area contributed by atoms with E-state index in [9.17, 15) is 18.8 Å². The first-order valence-electron chi connectivity index (χ1n) is 11.8. The lowest BCUT2D eigenvalue weighted by atomic mass is 9.95. The molecular formula is C28H25FN4O4. The van der Waals surface area contributed by atoms with E-state index in [0.717, 1.165) is 0 Å². The Bertz CT molecular complexity index is 1370. The van der Waals surface area contributed by atoms with Crippen molar-refractivity contribution in [3.05, 3.63) is 120 Å². The van der Waals surface area contributed by atoms with E-state index >= 15 is 0 Å². The maximum Gasteiger partial charge on any atom is 0.322 e. The topological polar surface area (TPSA) is 94.9 Å². The lowest BCUT2D eigenvalue weighted by Gasteiger charge is -2.33. The van der Waals surface area contributed by atoms with Crippen molar-refractivity contribution in [2.75, 3.05) is 13.1 Å². The minimum Gasteiger partial charge on any atom is -0.467 e. The van der Waals surface area contributed by atoms with E-state index in [2.05, 4.69) is 17.2 Å². The molecule has 2 N–H and O–H groups in total. The van der Waals surface area contributed by atoms with Gasteiger partial charge in [0.05, 0.1) is 36.7 Å². The smallest absolute Gasteiger partial charge is 0.322 e. The Morgan fingerprint density at radius 2 is 1.97 bits per heavy atom. The number of hydrogen-bond acceptors (Lipinski definition) is 4. The van der Waals surface area contributed by atoms with Gasteiger partial charge >= 0.3 is 6.03 Å². The summed E-state index contributed by atoms with van der Waals surface area (Å²) < 4.78 is 19.4. The van der Waals surface area contributed by atoms with Crippen LogP contribution in [-0.4, -0.2) is 40.7 Å². The van der Waals surface area contributed by atoms with Crippen LogP contribution in [-0.2, 0) is 16.1 Å².